The Morgan fingerprint density at radius 2 is 1.74 bits per heavy atom. The molecule has 34 heavy (non-hydrogen) atoms. The minimum atomic E-state index is -4.65. The molecule has 0 unspecified atom stereocenters. The van der Waals surface area contributed by atoms with Crippen molar-refractivity contribution in [3.05, 3.63) is 77.7 Å². The van der Waals surface area contributed by atoms with Crippen LogP contribution in [-0.2, 0) is 6.18 Å². The number of piperazine rings is 1. The Bertz CT molecular complexity index is 1140. The van der Waals surface area contributed by atoms with E-state index < -0.39 is 23.2 Å². The van der Waals surface area contributed by atoms with Gasteiger partial charge in [-0.1, -0.05) is 26.0 Å². The van der Waals surface area contributed by atoms with E-state index in [1.165, 1.54) is 0 Å². The van der Waals surface area contributed by atoms with Gasteiger partial charge < -0.3 is 15.1 Å². The number of rotatable bonds is 5. The molecule has 1 aliphatic rings. The Morgan fingerprint density at radius 1 is 1.00 bits per heavy atom. The first-order valence-corrected chi connectivity index (χ1v) is 11.1. The summed E-state index contributed by atoms with van der Waals surface area (Å²) in [6, 6.07) is 12.3. The number of alkyl halides is 3. The molecule has 0 saturated carbocycles. The highest BCUT2D eigenvalue weighted by atomic mass is 19.4. The average Bonchev–Trinajstić information content (AvgIpc) is 2.84. The Morgan fingerprint density at radius 3 is 2.38 bits per heavy atom. The predicted octanol–water partition coefficient (Wildman–Crippen LogP) is 5.20. The van der Waals surface area contributed by atoms with Gasteiger partial charge in [-0.05, 0) is 41.8 Å². The molecule has 0 atom stereocenters. The molecule has 9 heteroatoms. The molecule has 3 heterocycles. The third-order valence-electron chi connectivity index (χ3n) is 5.90. The standard InChI is InChI=1S/C25H26F3N5O/c1-17(2)18-6-7-21(31-24(34)19-16-29-10-8-20(19)25(26,27)28)22(15-18)32-11-13-33(14-12-32)23-5-3-4-9-30-23/h3-10,15-17H,11-14H2,1-2H3,(H,31,34). The number of amides is 1. The number of nitrogens with zero attached hydrogens (tertiary/aromatic N) is 4. The lowest BCUT2D eigenvalue weighted by atomic mass is 10.0. The number of carbonyl (C=O) groups is 1. The average molecular weight is 470 g/mol. The predicted molar refractivity (Wildman–Crippen MR) is 126 cm³/mol. The molecular weight excluding hydrogens is 443 g/mol. The lowest BCUT2D eigenvalue weighted by Crippen LogP contribution is -2.47. The van der Waals surface area contributed by atoms with Crippen molar-refractivity contribution >= 4 is 23.1 Å². The third-order valence-corrected chi connectivity index (χ3v) is 5.90. The van der Waals surface area contributed by atoms with Crippen LogP contribution in [0, 0.1) is 0 Å². The van der Waals surface area contributed by atoms with Crippen LogP contribution in [0.4, 0.5) is 30.4 Å². The van der Waals surface area contributed by atoms with Gasteiger partial charge in [0.15, 0.2) is 0 Å². The summed E-state index contributed by atoms with van der Waals surface area (Å²) in [5.41, 5.74) is 0.825. The van der Waals surface area contributed by atoms with E-state index in [1.54, 1.807) is 12.3 Å². The van der Waals surface area contributed by atoms with Crippen LogP contribution in [0.2, 0.25) is 0 Å². The molecule has 1 saturated heterocycles. The van der Waals surface area contributed by atoms with Crippen LogP contribution in [-0.4, -0.2) is 42.1 Å². The monoisotopic (exact) mass is 469 g/mol. The fourth-order valence-electron chi connectivity index (χ4n) is 4.00. The first kappa shape index (κ1) is 23.5. The summed E-state index contributed by atoms with van der Waals surface area (Å²) in [5.74, 6) is 0.322. The molecule has 0 spiro atoms. The van der Waals surface area contributed by atoms with Crippen molar-refractivity contribution in [2.24, 2.45) is 0 Å². The van der Waals surface area contributed by atoms with Gasteiger partial charge in [0.25, 0.3) is 5.91 Å². The summed E-state index contributed by atoms with van der Waals surface area (Å²) in [4.78, 5) is 25.4. The minimum Gasteiger partial charge on any atom is -0.366 e. The van der Waals surface area contributed by atoms with E-state index in [0.717, 1.165) is 48.6 Å². The summed E-state index contributed by atoms with van der Waals surface area (Å²) in [6.07, 6.45) is -0.910. The van der Waals surface area contributed by atoms with Crippen molar-refractivity contribution in [2.75, 3.05) is 41.3 Å². The lowest BCUT2D eigenvalue weighted by Gasteiger charge is -2.37. The van der Waals surface area contributed by atoms with Crippen molar-refractivity contribution in [3.8, 4) is 0 Å². The van der Waals surface area contributed by atoms with Gasteiger partial charge in [0.05, 0.1) is 22.5 Å². The van der Waals surface area contributed by atoms with Gasteiger partial charge in [-0.2, -0.15) is 13.2 Å². The molecule has 0 aliphatic carbocycles. The quantitative estimate of drug-likeness (QED) is 0.557. The summed E-state index contributed by atoms with van der Waals surface area (Å²) in [6.45, 7) is 6.97. The number of carbonyl (C=O) groups excluding carboxylic acids is 1. The molecule has 4 rings (SSSR count). The molecule has 0 radical (unpaired) electrons. The lowest BCUT2D eigenvalue weighted by molar-refractivity contribution is -0.138. The third kappa shape index (κ3) is 5.13. The fraction of sp³-hybridized carbons (Fsp3) is 0.320. The van der Waals surface area contributed by atoms with E-state index >= 15 is 0 Å². The number of aromatic nitrogens is 2. The Kier molecular flexibility index (Phi) is 6.72. The van der Waals surface area contributed by atoms with Gasteiger partial charge in [-0.25, -0.2) is 4.98 Å². The molecule has 6 nitrogen and oxygen atoms in total. The zero-order valence-corrected chi connectivity index (χ0v) is 19.0. The van der Waals surface area contributed by atoms with E-state index in [4.69, 9.17) is 0 Å². The van der Waals surface area contributed by atoms with Crippen LogP contribution in [0.5, 0.6) is 0 Å². The molecule has 1 N–H and O–H groups in total. The van der Waals surface area contributed by atoms with Gasteiger partial charge in [0, 0.05) is 44.8 Å². The maximum Gasteiger partial charge on any atom is 0.417 e. The number of nitrogens with one attached hydrogen (secondary N) is 1. The normalized spacial score (nSPS) is 14.4. The molecule has 0 bridgehead atoms. The zero-order valence-electron chi connectivity index (χ0n) is 19.0. The van der Waals surface area contributed by atoms with Crippen LogP contribution in [0.3, 0.4) is 0 Å². The number of hydrogen-bond donors (Lipinski definition) is 1. The second-order valence-electron chi connectivity index (χ2n) is 8.47. The van der Waals surface area contributed by atoms with E-state index in [0.29, 0.717) is 18.8 Å². The van der Waals surface area contributed by atoms with Crippen LogP contribution in [0.25, 0.3) is 0 Å². The highest BCUT2D eigenvalue weighted by Gasteiger charge is 2.35. The Balaban J connectivity index is 1.59. The second-order valence-corrected chi connectivity index (χ2v) is 8.47. The maximum absolute atomic E-state index is 13.4. The minimum absolute atomic E-state index is 0.258. The van der Waals surface area contributed by atoms with E-state index in [-0.39, 0.29) is 5.92 Å². The second kappa shape index (κ2) is 9.70. The van der Waals surface area contributed by atoms with Crippen molar-refractivity contribution in [2.45, 2.75) is 25.9 Å². The van der Waals surface area contributed by atoms with Gasteiger partial charge in [-0.15, -0.1) is 0 Å². The van der Waals surface area contributed by atoms with E-state index in [2.05, 4.69) is 38.9 Å². The zero-order chi connectivity index (χ0) is 24.3. The highest BCUT2D eigenvalue weighted by Crippen LogP contribution is 2.34. The molecule has 1 fully saturated rings. The van der Waals surface area contributed by atoms with Gasteiger partial charge in [0.2, 0.25) is 0 Å². The molecule has 2 aromatic heterocycles. The van der Waals surface area contributed by atoms with Crippen LogP contribution in [0.1, 0.15) is 41.3 Å². The molecule has 1 aromatic carbocycles. The van der Waals surface area contributed by atoms with E-state index in [1.807, 2.05) is 30.3 Å². The summed E-state index contributed by atoms with van der Waals surface area (Å²) < 4.78 is 40.2. The van der Waals surface area contributed by atoms with Crippen molar-refractivity contribution in [1.82, 2.24) is 9.97 Å². The number of halogens is 3. The van der Waals surface area contributed by atoms with Crippen molar-refractivity contribution in [1.29, 1.82) is 0 Å². The topological polar surface area (TPSA) is 61.4 Å². The Labute approximate surface area is 196 Å². The maximum atomic E-state index is 13.4. The SMILES string of the molecule is CC(C)c1ccc(NC(=O)c2cnccc2C(F)(F)F)c(N2CCN(c3ccccn3)CC2)c1. The number of benzene rings is 1. The van der Waals surface area contributed by atoms with Crippen molar-refractivity contribution < 1.29 is 18.0 Å². The summed E-state index contributed by atoms with van der Waals surface area (Å²) in [5, 5.41) is 2.70. The first-order valence-electron chi connectivity index (χ1n) is 11.1. The molecular formula is C25H26F3N5O. The molecule has 3 aromatic rings. The first-order chi connectivity index (χ1) is 16.2. The number of anilines is 3. The van der Waals surface area contributed by atoms with Crippen molar-refractivity contribution in [3.63, 3.8) is 0 Å². The Hall–Kier alpha value is -3.62. The largest absolute Gasteiger partial charge is 0.417 e. The highest BCUT2D eigenvalue weighted by molar-refractivity contribution is 6.06. The van der Waals surface area contributed by atoms with E-state index in [9.17, 15) is 18.0 Å². The van der Waals surface area contributed by atoms with Crippen LogP contribution >= 0.6 is 0 Å². The van der Waals surface area contributed by atoms with Gasteiger partial charge in [0.1, 0.15) is 5.82 Å². The van der Waals surface area contributed by atoms with Gasteiger partial charge in [-0.3, -0.25) is 9.78 Å². The van der Waals surface area contributed by atoms with Crippen LogP contribution < -0.4 is 15.1 Å². The molecule has 1 aliphatic heterocycles. The summed E-state index contributed by atoms with van der Waals surface area (Å²) in [7, 11) is 0. The smallest absolute Gasteiger partial charge is 0.366 e. The number of hydrogen-bond acceptors (Lipinski definition) is 5. The van der Waals surface area contributed by atoms with Crippen LogP contribution in [0.15, 0.2) is 61.1 Å². The summed E-state index contributed by atoms with van der Waals surface area (Å²) >= 11 is 0. The molecule has 1 amide bonds. The van der Waals surface area contributed by atoms with Gasteiger partial charge >= 0.3 is 6.18 Å². The molecule has 178 valence electrons. The fourth-order valence-corrected chi connectivity index (χ4v) is 4.00. The number of pyridine rings is 2.